The van der Waals surface area contributed by atoms with Crippen LogP contribution < -0.4 is 15.0 Å². The van der Waals surface area contributed by atoms with Crippen LogP contribution in [0, 0.1) is 0 Å². The Morgan fingerprint density at radius 2 is 1.94 bits per heavy atom. The van der Waals surface area contributed by atoms with Gasteiger partial charge in [-0.05, 0) is 79.0 Å². The van der Waals surface area contributed by atoms with Crippen molar-refractivity contribution in [1.29, 1.82) is 0 Å². The lowest BCUT2D eigenvalue weighted by atomic mass is 10.2. The number of aromatic nitrogens is 2. The highest BCUT2D eigenvalue weighted by atomic mass is 79.9. The molecule has 192 valence electrons. The van der Waals surface area contributed by atoms with Gasteiger partial charge in [-0.2, -0.15) is 9.78 Å². The third kappa shape index (κ3) is 7.16. The topological polar surface area (TPSA) is 92.0 Å². The second kappa shape index (κ2) is 13.0. The predicted molar refractivity (Wildman–Crippen MR) is 147 cm³/mol. The molecule has 3 rings (SSSR count). The molecule has 3 aromatic rings. The fraction of sp³-hybridized carbons (Fsp3) is 0.385. The van der Waals surface area contributed by atoms with Crippen molar-refractivity contribution in [3.63, 3.8) is 0 Å². The molecule has 10 heteroatoms. The lowest BCUT2D eigenvalue weighted by Gasteiger charge is -2.15. The van der Waals surface area contributed by atoms with E-state index >= 15 is 0 Å². The second-order valence-electron chi connectivity index (χ2n) is 8.24. The molecule has 2 aromatic carbocycles. The highest BCUT2D eigenvalue weighted by molar-refractivity contribution is 9.10. The van der Waals surface area contributed by atoms with E-state index in [0.717, 1.165) is 17.3 Å². The minimum absolute atomic E-state index is 0.231. The van der Waals surface area contributed by atoms with E-state index in [4.69, 9.17) is 19.2 Å². The lowest BCUT2D eigenvalue weighted by Crippen LogP contribution is -2.22. The normalized spacial score (nSPS) is 11.4. The van der Waals surface area contributed by atoms with Crippen LogP contribution >= 0.6 is 31.9 Å². The fourth-order valence-corrected chi connectivity index (χ4v) is 4.36. The Balaban J connectivity index is 1.98. The zero-order chi connectivity index (χ0) is 26.2. The van der Waals surface area contributed by atoms with Gasteiger partial charge in [0.25, 0.3) is 5.56 Å². The number of hydrogen-bond acceptors (Lipinski definition) is 7. The number of nitrogens with zero attached hydrogens (tertiary/aromatic N) is 3. The molecule has 0 saturated heterocycles. The molecule has 0 bridgehead atoms. The number of carbonyl (C=O) groups excluding carboxylic acids is 1. The van der Waals surface area contributed by atoms with Gasteiger partial charge in [0.2, 0.25) is 0 Å². The number of aryl methyl sites for hydroxylation is 1. The molecule has 1 aromatic heterocycles. The Morgan fingerprint density at radius 1 is 1.17 bits per heavy atom. The quantitative estimate of drug-likeness (QED) is 0.196. The van der Waals surface area contributed by atoms with Crippen LogP contribution in [0.4, 0.5) is 0 Å². The van der Waals surface area contributed by atoms with Crippen molar-refractivity contribution in [3.05, 3.63) is 61.0 Å². The van der Waals surface area contributed by atoms with Crippen molar-refractivity contribution in [3.8, 4) is 11.5 Å². The van der Waals surface area contributed by atoms with Crippen LogP contribution in [0.25, 0.3) is 10.9 Å². The number of benzene rings is 2. The molecular weight excluding hydrogens is 594 g/mol. The second-order valence-corrected chi connectivity index (χ2v) is 10.0. The largest absolute Gasteiger partial charge is 0.490 e. The number of hydrogen-bond donors (Lipinski definition) is 0. The number of rotatable bonds is 11. The monoisotopic (exact) mass is 621 g/mol. The van der Waals surface area contributed by atoms with Gasteiger partial charge < -0.3 is 14.2 Å². The summed E-state index contributed by atoms with van der Waals surface area (Å²) in [6.45, 7) is 7.63. The fourth-order valence-electron chi connectivity index (χ4n) is 3.43. The number of halogens is 2. The number of carbonyl (C=O) groups is 1. The highest BCUT2D eigenvalue weighted by Gasteiger charge is 2.16. The minimum atomic E-state index is -0.473. The van der Waals surface area contributed by atoms with Crippen LogP contribution in [0.5, 0.6) is 11.5 Å². The molecule has 0 saturated carbocycles. The van der Waals surface area contributed by atoms with E-state index in [9.17, 15) is 9.59 Å². The van der Waals surface area contributed by atoms with Gasteiger partial charge in [0.1, 0.15) is 5.82 Å². The number of fused-ring (bicyclic) bond motifs is 1. The first-order valence-corrected chi connectivity index (χ1v) is 13.4. The summed E-state index contributed by atoms with van der Waals surface area (Å²) in [5.41, 5.74) is 1.07. The van der Waals surface area contributed by atoms with Gasteiger partial charge in [-0.3, -0.25) is 4.79 Å². The molecule has 0 atom stereocenters. The van der Waals surface area contributed by atoms with Crippen LogP contribution in [-0.4, -0.2) is 41.2 Å². The molecule has 0 unspecified atom stereocenters. The number of unbranched alkanes of at least 4 members (excludes halogenated alkanes) is 1. The van der Waals surface area contributed by atoms with Crippen molar-refractivity contribution in [2.45, 2.75) is 53.1 Å². The zero-order valence-electron chi connectivity index (χ0n) is 20.7. The molecule has 8 nitrogen and oxygen atoms in total. The first-order chi connectivity index (χ1) is 17.2. The van der Waals surface area contributed by atoms with Gasteiger partial charge in [0, 0.05) is 10.9 Å². The summed E-state index contributed by atoms with van der Waals surface area (Å²) in [4.78, 5) is 29.9. The smallest absolute Gasteiger partial charge is 0.344 e. The van der Waals surface area contributed by atoms with E-state index in [1.165, 1.54) is 4.68 Å². The van der Waals surface area contributed by atoms with Crippen LogP contribution in [0.15, 0.2) is 49.2 Å². The van der Waals surface area contributed by atoms with Crippen LogP contribution in [0.2, 0.25) is 0 Å². The summed E-state index contributed by atoms with van der Waals surface area (Å²) in [6.07, 6.45) is 3.82. The van der Waals surface area contributed by atoms with Gasteiger partial charge in [-0.15, -0.1) is 0 Å². The Hall–Kier alpha value is -2.72. The Bertz CT molecular complexity index is 1320. The molecule has 0 radical (unpaired) electrons. The maximum absolute atomic E-state index is 13.3. The standard InChI is InChI=1S/C26H29Br2N3O5/c1-5-7-8-23-30-21-10-9-18(27)13-19(21)26(33)31(23)29-14-17-11-20(28)25(22(12-17)34-6-2)35-15-24(32)36-16(3)4/h9-14,16H,5-8,15H2,1-4H3. The third-order valence-electron chi connectivity index (χ3n) is 4.98. The molecule has 0 fully saturated rings. The molecule has 1 heterocycles. The van der Waals surface area contributed by atoms with Crippen LogP contribution in [0.1, 0.15) is 51.9 Å². The maximum atomic E-state index is 13.3. The van der Waals surface area contributed by atoms with Crippen molar-refractivity contribution >= 4 is 54.9 Å². The Kier molecular flexibility index (Phi) is 10.1. The average Bonchev–Trinajstić information content (AvgIpc) is 2.82. The summed E-state index contributed by atoms with van der Waals surface area (Å²) in [6, 6.07) is 8.95. The van der Waals surface area contributed by atoms with Gasteiger partial charge in [0.15, 0.2) is 18.1 Å². The van der Waals surface area contributed by atoms with E-state index < -0.39 is 5.97 Å². The molecular formula is C26H29Br2N3O5. The Labute approximate surface area is 226 Å². The van der Waals surface area contributed by atoms with E-state index in [2.05, 4.69) is 43.9 Å². The molecule has 0 spiro atoms. The van der Waals surface area contributed by atoms with Gasteiger partial charge >= 0.3 is 5.97 Å². The SMILES string of the molecule is CCCCc1nc2ccc(Br)cc2c(=O)n1N=Cc1cc(Br)c(OCC(=O)OC(C)C)c(OCC)c1. The molecule has 0 aliphatic rings. The number of ether oxygens (including phenoxy) is 3. The lowest BCUT2D eigenvalue weighted by molar-refractivity contribution is -0.149. The number of esters is 1. The summed E-state index contributed by atoms with van der Waals surface area (Å²) in [5, 5.41) is 4.98. The van der Waals surface area contributed by atoms with Gasteiger partial charge in [0.05, 0.1) is 34.3 Å². The summed E-state index contributed by atoms with van der Waals surface area (Å²) < 4.78 is 19.3. The van der Waals surface area contributed by atoms with Crippen LogP contribution in [-0.2, 0) is 16.0 Å². The van der Waals surface area contributed by atoms with Gasteiger partial charge in [-0.1, -0.05) is 29.3 Å². The molecule has 0 aliphatic heterocycles. The summed E-state index contributed by atoms with van der Waals surface area (Å²) in [7, 11) is 0. The summed E-state index contributed by atoms with van der Waals surface area (Å²) >= 11 is 6.92. The van der Waals surface area contributed by atoms with Crippen molar-refractivity contribution in [2.24, 2.45) is 5.10 Å². The Morgan fingerprint density at radius 3 is 2.64 bits per heavy atom. The highest BCUT2D eigenvalue weighted by Crippen LogP contribution is 2.36. The molecule has 0 aliphatic carbocycles. The van der Waals surface area contributed by atoms with Gasteiger partial charge in [-0.25, -0.2) is 9.78 Å². The van der Waals surface area contributed by atoms with E-state index in [0.29, 0.717) is 51.3 Å². The van der Waals surface area contributed by atoms with E-state index in [-0.39, 0.29) is 18.3 Å². The first kappa shape index (κ1) is 27.9. The zero-order valence-corrected chi connectivity index (χ0v) is 23.9. The molecule has 0 N–H and O–H groups in total. The van der Waals surface area contributed by atoms with Crippen molar-refractivity contribution in [2.75, 3.05) is 13.2 Å². The third-order valence-corrected chi connectivity index (χ3v) is 6.07. The maximum Gasteiger partial charge on any atom is 0.344 e. The average molecular weight is 623 g/mol. The van der Waals surface area contributed by atoms with Crippen molar-refractivity contribution < 1.29 is 19.0 Å². The summed E-state index contributed by atoms with van der Waals surface area (Å²) in [5.74, 6) is 0.942. The minimum Gasteiger partial charge on any atom is -0.490 e. The van der Waals surface area contributed by atoms with Crippen LogP contribution in [0.3, 0.4) is 0 Å². The van der Waals surface area contributed by atoms with E-state index in [1.807, 2.05) is 19.1 Å². The van der Waals surface area contributed by atoms with Crippen molar-refractivity contribution in [1.82, 2.24) is 9.66 Å². The molecule has 36 heavy (non-hydrogen) atoms. The first-order valence-electron chi connectivity index (χ1n) is 11.8. The predicted octanol–water partition coefficient (Wildman–Crippen LogP) is 5.88. The molecule has 0 amide bonds. The van der Waals surface area contributed by atoms with E-state index in [1.54, 1.807) is 38.3 Å².